The van der Waals surface area contributed by atoms with Crippen LogP contribution < -0.4 is 10.1 Å². The van der Waals surface area contributed by atoms with Gasteiger partial charge in [-0.1, -0.05) is 19.1 Å². The van der Waals surface area contributed by atoms with E-state index in [2.05, 4.69) is 12.2 Å². The predicted octanol–water partition coefficient (Wildman–Crippen LogP) is 4.31. The van der Waals surface area contributed by atoms with Gasteiger partial charge in [-0.3, -0.25) is 0 Å². The van der Waals surface area contributed by atoms with E-state index >= 15 is 0 Å². The Morgan fingerprint density at radius 3 is 2.62 bits per heavy atom. The zero-order valence-electron chi connectivity index (χ0n) is 12.9. The average molecular weight is 287 g/mol. The van der Waals surface area contributed by atoms with Gasteiger partial charge >= 0.3 is 0 Å². The largest absolute Gasteiger partial charge is 0.496 e. The molecule has 0 heterocycles. The van der Waals surface area contributed by atoms with E-state index in [1.807, 2.05) is 31.2 Å². The highest BCUT2D eigenvalue weighted by atomic mass is 19.1. The number of methoxy groups -OCH3 is 1. The minimum atomic E-state index is -0.210. The fraction of sp³-hybridized carbons (Fsp3) is 0.333. The molecular weight excluding hydrogens is 265 g/mol. The van der Waals surface area contributed by atoms with Gasteiger partial charge in [0.1, 0.15) is 11.6 Å². The molecule has 0 unspecified atom stereocenters. The summed E-state index contributed by atoms with van der Waals surface area (Å²) in [4.78, 5) is 0. The van der Waals surface area contributed by atoms with Crippen LogP contribution in [0.4, 0.5) is 4.39 Å². The monoisotopic (exact) mass is 287 g/mol. The predicted molar refractivity (Wildman–Crippen MR) is 85.1 cm³/mol. The number of benzene rings is 2. The van der Waals surface area contributed by atoms with Gasteiger partial charge in [-0.15, -0.1) is 0 Å². The molecule has 2 rings (SSSR count). The Hall–Kier alpha value is -1.87. The number of halogens is 1. The highest BCUT2D eigenvalue weighted by molar-refractivity contribution is 5.69. The van der Waals surface area contributed by atoms with E-state index in [0.29, 0.717) is 0 Å². The van der Waals surface area contributed by atoms with Crippen molar-refractivity contribution in [2.75, 3.05) is 13.7 Å². The van der Waals surface area contributed by atoms with Crippen molar-refractivity contribution in [1.29, 1.82) is 0 Å². The summed E-state index contributed by atoms with van der Waals surface area (Å²) in [7, 11) is 1.66. The topological polar surface area (TPSA) is 21.3 Å². The lowest BCUT2D eigenvalue weighted by atomic mass is 9.97. The molecule has 0 atom stereocenters. The summed E-state index contributed by atoms with van der Waals surface area (Å²) < 4.78 is 18.9. The first-order valence-corrected chi connectivity index (χ1v) is 7.30. The molecule has 0 aliphatic rings. The standard InChI is InChI=1S/C18H22FNO/c1-4-9-20-12-15-5-7-16(19)11-17(15)14-6-8-18(21-3)13(2)10-14/h5-8,10-11,20H,4,9,12H2,1-3H3. The van der Waals surface area contributed by atoms with Crippen LogP contribution in [0.5, 0.6) is 5.75 Å². The third-order valence-electron chi connectivity index (χ3n) is 3.52. The van der Waals surface area contributed by atoms with E-state index in [4.69, 9.17) is 4.74 Å². The fourth-order valence-electron chi connectivity index (χ4n) is 2.42. The molecule has 0 amide bonds. The third-order valence-corrected chi connectivity index (χ3v) is 3.52. The minimum Gasteiger partial charge on any atom is -0.496 e. The van der Waals surface area contributed by atoms with Crippen LogP contribution in [-0.4, -0.2) is 13.7 Å². The number of hydrogen-bond acceptors (Lipinski definition) is 2. The molecule has 0 aromatic heterocycles. The van der Waals surface area contributed by atoms with Crippen molar-refractivity contribution in [3.63, 3.8) is 0 Å². The molecule has 0 saturated carbocycles. The van der Waals surface area contributed by atoms with Crippen LogP contribution >= 0.6 is 0 Å². The number of hydrogen-bond donors (Lipinski definition) is 1. The number of ether oxygens (including phenoxy) is 1. The SMILES string of the molecule is CCCNCc1ccc(F)cc1-c1ccc(OC)c(C)c1. The smallest absolute Gasteiger partial charge is 0.123 e. The van der Waals surface area contributed by atoms with Crippen LogP contribution in [0.15, 0.2) is 36.4 Å². The molecule has 2 aromatic carbocycles. The van der Waals surface area contributed by atoms with Crippen molar-refractivity contribution in [3.05, 3.63) is 53.3 Å². The van der Waals surface area contributed by atoms with Crippen LogP contribution in [0.2, 0.25) is 0 Å². The molecule has 2 nitrogen and oxygen atoms in total. The fourth-order valence-corrected chi connectivity index (χ4v) is 2.42. The van der Waals surface area contributed by atoms with Crippen LogP contribution in [0.25, 0.3) is 11.1 Å². The second kappa shape index (κ2) is 7.23. The number of aryl methyl sites for hydroxylation is 1. The van der Waals surface area contributed by atoms with E-state index in [1.165, 1.54) is 6.07 Å². The van der Waals surface area contributed by atoms with Crippen molar-refractivity contribution in [1.82, 2.24) is 5.32 Å². The van der Waals surface area contributed by atoms with E-state index in [0.717, 1.165) is 47.5 Å². The van der Waals surface area contributed by atoms with E-state index in [1.54, 1.807) is 13.2 Å². The Balaban J connectivity index is 2.36. The van der Waals surface area contributed by atoms with Crippen LogP contribution in [0, 0.1) is 12.7 Å². The van der Waals surface area contributed by atoms with Crippen molar-refractivity contribution >= 4 is 0 Å². The lowest BCUT2D eigenvalue weighted by Crippen LogP contribution is -2.14. The van der Waals surface area contributed by atoms with Gasteiger partial charge in [0.05, 0.1) is 7.11 Å². The Bertz CT molecular complexity index is 610. The molecule has 1 N–H and O–H groups in total. The van der Waals surface area contributed by atoms with Gasteiger partial charge in [0.25, 0.3) is 0 Å². The van der Waals surface area contributed by atoms with Crippen molar-refractivity contribution in [2.24, 2.45) is 0 Å². The highest BCUT2D eigenvalue weighted by Crippen LogP contribution is 2.29. The molecule has 21 heavy (non-hydrogen) atoms. The maximum Gasteiger partial charge on any atom is 0.123 e. The zero-order chi connectivity index (χ0) is 15.2. The Morgan fingerprint density at radius 2 is 1.95 bits per heavy atom. The molecule has 0 spiro atoms. The lowest BCUT2D eigenvalue weighted by Gasteiger charge is -2.13. The highest BCUT2D eigenvalue weighted by Gasteiger charge is 2.08. The second-order valence-corrected chi connectivity index (χ2v) is 5.16. The quantitative estimate of drug-likeness (QED) is 0.799. The molecule has 0 aliphatic heterocycles. The number of nitrogens with one attached hydrogen (secondary N) is 1. The van der Waals surface area contributed by atoms with Crippen molar-refractivity contribution in [2.45, 2.75) is 26.8 Å². The van der Waals surface area contributed by atoms with Gasteiger partial charge in [0, 0.05) is 6.54 Å². The van der Waals surface area contributed by atoms with E-state index in [9.17, 15) is 4.39 Å². The lowest BCUT2D eigenvalue weighted by molar-refractivity contribution is 0.412. The van der Waals surface area contributed by atoms with Crippen LogP contribution in [-0.2, 0) is 6.54 Å². The summed E-state index contributed by atoms with van der Waals surface area (Å²) in [5.74, 6) is 0.638. The molecule has 0 saturated heterocycles. The zero-order valence-corrected chi connectivity index (χ0v) is 12.9. The molecule has 2 aromatic rings. The third kappa shape index (κ3) is 3.82. The molecule has 3 heteroatoms. The van der Waals surface area contributed by atoms with Gasteiger partial charge in [0.15, 0.2) is 0 Å². The maximum atomic E-state index is 13.6. The molecule has 112 valence electrons. The summed E-state index contributed by atoms with van der Waals surface area (Å²) in [6, 6.07) is 10.9. The molecule has 0 bridgehead atoms. The van der Waals surface area contributed by atoms with E-state index < -0.39 is 0 Å². The first-order valence-electron chi connectivity index (χ1n) is 7.30. The minimum absolute atomic E-state index is 0.210. The Kier molecular flexibility index (Phi) is 5.34. The summed E-state index contributed by atoms with van der Waals surface area (Å²) in [6.45, 7) is 5.83. The first-order chi connectivity index (χ1) is 10.2. The molecule has 0 fully saturated rings. The Morgan fingerprint density at radius 1 is 1.14 bits per heavy atom. The van der Waals surface area contributed by atoms with Crippen LogP contribution in [0.3, 0.4) is 0 Å². The summed E-state index contributed by atoms with van der Waals surface area (Å²) in [6.07, 6.45) is 1.08. The van der Waals surface area contributed by atoms with Gasteiger partial charge in [-0.05, 0) is 66.4 Å². The van der Waals surface area contributed by atoms with Gasteiger partial charge in [-0.25, -0.2) is 4.39 Å². The van der Waals surface area contributed by atoms with E-state index in [-0.39, 0.29) is 5.82 Å². The molecule has 0 aliphatic carbocycles. The second-order valence-electron chi connectivity index (χ2n) is 5.16. The molecular formula is C18H22FNO. The Labute approximate surface area is 126 Å². The summed E-state index contributed by atoms with van der Waals surface area (Å²) in [5, 5.41) is 3.37. The molecule has 0 radical (unpaired) electrons. The van der Waals surface area contributed by atoms with Gasteiger partial charge in [-0.2, -0.15) is 0 Å². The van der Waals surface area contributed by atoms with Crippen molar-refractivity contribution in [3.8, 4) is 16.9 Å². The normalized spacial score (nSPS) is 10.7. The van der Waals surface area contributed by atoms with Crippen LogP contribution in [0.1, 0.15) is 24.5 Å². The number of rotatable bonds is 6. The first kappa shape index (κ1) is 15.5. The van der Waals surface area contributed by atoms with Crippen molar-refractivity contribution < 1.29 is 9.13 Å². The maximum absolute atomic E-state index is 13.6. The van der Waals surface area contributed by atoms with Gasteiger partial charge < -0.3 is 10.1 Å². The van der Waals surface area contributed by atoms with Gasteiger partial charge in [0.2, 0.25) is 0 Å². The summed E-state index contributed by atoms with van der Waals surface area (Å²) in [5.41, 5.74) is 4.10. The summed E-state index contributed by atoms with van der Waals surface area (Å²) >= 11 is 0. The average Bonchev–Trinajstić information content (AvgIpc) is 2.49.